The number of aromatic nitrogens is 3. The molecular weight excluding hydrogens is 216 g/mol. The summed E-state index contributed by atoms with van der Waals surface area (Å²) in [7, 11) is 1.97. The minimum atomic E-state index is 0.130. The molecule has 2 aromatic rings. The van der Waals surface area contributed by atoms with E-state index >= 15 is 0 Å². The van der Waals surface area contributed by atoms with Crippen LogP contribution in [0.3, 0.4) is 0 Å². The molecule has 0 bridgehead atoms. The highest BCUT2D eigenvalue weighted by Crippen LogP contribution is 2.22. The highest BCUT2D eigenvalue weighted by molar-refractivity contribution is 5.86. The molecule has 0 radical (unpaired) electrons. The average molecular weight is 234 g/mol. The minimum Gasteiger partial charge on any atom is -0.395 e. The zero-order chi connectivity index (χ0) is 12.3. The Morgan fingerprint density at radius 2 is 2.18 bits per heavy atom. The number of hydrogen-bond acceptors (Lipinski definition) is 4. The van der Waals surface area contributed by atoms with Crippen LogP contribution in [-0.2, 0) is 7.05 Å². The van der Waals surface area contributed by atoms with Gasteiger partial charge in [-0.05, 0) is 12.5 Å². The van der Waals surface area contributed by atoms with Crippen LogP contribution >= 0.6 is 0 Å². The molecule has 5 nitrogen and oxygen atoms in total. The van der Waals surface area contributed by atoms with Crippen LogP contribution in [0.4, 0.5) is 5.82 Å². The van der Waals surface area contributed by atoms with Gasteiger partial charge < -0.3 is 14.6 Å². The van der Waals surface area contributed by atoms with Gasteiger partial charge in [0, 0.05) is 26.3 Å². The molecule has 5 heteroatoms. The Kier molecular flexibility index (Phi) is 3.58. The van der Waals surface area contributed by atoms with Crippen LogP contribution in [0, 0.1) is 0 Å². The third-order valence-electron chi connectivity index (χ3n) is 2.79. The van der Waals surface area contributed by atoms with Crippen LogP contribution in [0.25, 0.3) is 11.0 Å². The number of aliphatic hydroxyl groups excluding tert-OH is 1. The van der Waals surface area contributed by atoms with Crippen molar-refractivity contribution in [3.63, 3.8) is 0 Å². The molecule has 1 N–H and O–H groups in total. The molecule has 0 unspecified atom stereocenters. The summed E-state index contributed by atoms with van der Waals surface area (Å²) in [4.78, 5) is 10.9. The van der Waals surface area contributed by atoms with E-state index < -0.39 is 0 Å². The van der Waals surface area contributed by atoms with Crippen molar-refractivity contribution in [3.05, 3.63) is 18.6 Å². The topological polar surface area (TPSA) is 54.2 Å². The number of nitrogens with zero attached hydrogens (tertiary/aromatic N) is 4. The number of aryl methyl sites for hydroxylation is 1. The van der Waals surface area contributed by atoms with Crippen molar-refractivity contribution >= 4 is 16.9 Å². The van der Waals surface area contributed by atoms with Crippen LogP contribution in [-0.4, -0.2) is 39.3 Å². The molecule has 0 aliphatic rings. The molecule has 2 aromatic heterocycles. The smallest absolute Gasteiger partial charge is 0.156 e. The van der Waals surface area contributed by atoms with Gasteiger partial charge in [-0.15, -0.1) is 0 Å². The maximum absolute atomic E-state index is 9.11. The van der Waals surface area contributed by atoms with E-state index in [4.69, 9.17) is 5.11 Å². The summed E-state index contributed by atoms with van der Waals surface area (Å²) < 4.78 is 1.98. The Labute approximate surface area is 101 Å². The van der Waals surface area contributed by atoms with E-state index in [9.17, 15) is 0 Å². The number of pyridine rings is 1. The van der Waals surface area contributed by atoms with Gasteiger partial charge in [-0.25, -0.2) is 9.97 Å². The first-order valence-electron chi connectivity index (χ1n) is 5.89. The molecule has 92 valence electrons. The quantitative estimate of drug-likeness (QED) is 0.844. The summed E-state index contributed by atoms with van der Waals surface area (Å²) in [5.74, 6) is 0.860. The Bertz CT molecular complexity index is 488. The van der Waals surface area contributed by atoms with Crippen LogP contribution < -0.4 is 4.90 Å². The van der Waals surface area contributed by atoms with E-state index in [-0.39, 0.29) is 6.61 Å². The molecule has 0 spiro atoms. The molecule has 0 aliphatic carbocycles. The first-order chi connectivity index (χ1) is 8.27. The van der Waals surface area contributed by atoms with Crippen molar-refractivity contribution in [3.8, 4) is 0 Å². The van der Waals surface area contributed by atoms with Crippen LogP contribution in [0.1, 0.15) is 13.3 Å². The van der Waals surface area contributed by atoms with Gasteiger partial charge in [-0.2, -0.15) is 0 Å². The molecule has 0 aromatic carbocycles. The largest absolute Gasteiger partial charge is 0.395 e. The van der Waals surface area contributed by atoms with Gasteiger partial charge in [0.2, 0.25) is 0 Å². The summed E-state index contributed by atoms with van der Waals surface area (Å²) in [6.07, 6.45) is 4.60. The Morgan fingerprint density at radius 1 is 1.35 bits per heavy atom. The van der Waals surface area contributed by atoms with Gasteiger partial charge in [-0.3, -0.25) is 0 Å². The molecule has 0 atom stereocenters. The number of hydrogen-bond donors (Lipinski definition) is 1. The lowest BCUT2D eigenvalue weighted by Crippen LogP contribution is -2.28. The Balaban J connectivity index is 2.44. The average Bonchev–Trinajstić information content (AvgIpc) is 2.71. The second-order valence-corrected chi connectivity index (χ2v) is 4.07. The number of rotatable bonds is 5. The maximum atomic E-state index is 9.11. The molecule has 0 saturated heterocycles. The van der Waals surface area contributed by atoms with Crippen molar-refractivity contribution in [1.29, 1.82) is 0 Å². The van der Waals surface area contributed by atoms with E-state index in [1.54, 1.807) is 12.5 Å². The molecular formula is C12H18N4O. The van der Waals surface area contributed by atoms with Gasteiger partial charge >= 0.3 is 0 Å². The lowest BCUT2D eigenvalue weighted by molar-refractivity contribution is 0.301. The number of imidazole rings is 1. The van der Waals surface area contributed by atoms with Gasteiger partial charge in [-0.1, -0.05) is 6.92 Å². The summed E-state index contributed by atoms with van der Waals surface area (Å²) in [6.45, 7) is 3.72. The third kappa shape index (κ3) is 2.24. The van der Waals surface area contributed by atoms with Gasteiger partial charge in [0.05, 0.1) is 18.5 Å². The van der Waals surface area contributed by atoms with Gasteiger partial charge in [0.25, 0.3) is 0 Å². The van der Waals surface area contributed by atoms with Gasteiger partial charge in [0.15, 0.2) is 5.82 Å². The second kappa shape index (κ2) is 5.14. The van der Waals surface area contributed by atoms with E-state index in [2.05, 4.69) is 21.8 Å². The van der Waals surface area contributed by atoms with E-state index in [1.165, 1.54) is 0 Å². The SMILES string of the molecule is CCCN(CCO)c1nccc2c1ncn2C. The van der Waals surface area contributed by atoms with Crippen LogP contribution in [0.2, 0.25) is 0 Å². The Morgan fingerprint density at radius 3 is 2.88 bits per heavy atom. The van der Waals surface area contributed by atoms with Crippen molar-refractivity contribution in [2.45, 2.75) is 13.3 Å². The number of fused-ring (bicyclic) bond motifs is 1. The van der Waals surface area contributed by atoms with Gasteiger partial charge in [0.1, 0.15) is 5.52 Å². The first-order valence-corrected chi connectivity index (χ1v) is 5.89. The highest BCUT2D eigenvalue weighted by atomic mass is 16.3. The standard InChI is InChI=1S/C12H18N4O/c1-3-6-16(7-8-17)12-11-10(4-5-13-12)15(2)9-14-11/h4-5,9,17H,3,6-8H2,1-2H3. The normalized spacial score (nSPS) is 11.0. The highest BCUT2D eigenvalue weighted by Gasteiger charge is 2.13. The van der Waals surface area contributed by atoms with E-state index in [1.807, 2.05) is 17.7 Å². The lowest BCUT2D eigenvalue weighted by atomic mass is 10.3. The molecule has 0 aliphatic heterocycles. The number of aliphatic hydroxyl groups is 1. The zero-order valence-corrected chi connectivity index (χ0v) is 10.3. The fourth-order valence-electron chi connectivity index (χ4n) is 1.99. The van der Waals surface area contributed by atoms with Crippen molar-refractivity contribution in [1.82, 2.24) is 14.5 Å². The van der Waals surface area contributed by atoms with Crippen molar-refractivity contribution in [2.24, 2.45) is 7.05 Å². The second-order valence-electron chi connectivity index (χ2n) is 4.07. The van der Waals surface area contributed by atoms with Crippen molar-refractivity contribution < 1.29 is 5.11 Å². The van der Waals surface area contributed by atoms with E-state index in [0.29, 0.717) is 6.54 Å². The molecule has 0 saturated carbocycles. The summed E-state index contributed by atoms with van der Waals surface area (Å²) in [5.41, 5.74) is 1.96. The number of anilines is 1. The lowest BCUT2D eigenvalue weighted by Gasteiger charge is -2.22. The zero-order valence-electron chi connectivity index (χ0n) is 10.3. The minimum absolute atomic E-state index is 0.130. The van der Waals surface area contributed by atoms with Crippen LogP contribution in [0.5, 0.6) is 0 Å². The molecule has 17 heavy (non-hydrogen) atoms. The fraction of sp³-hybridized carbons (Fsp3) is 0.500. The molecule has 0 amide bonds. The summed E-state index contributed by atoms with van der Waals surface area (Å²) >= 11 is 0. The third-order valence-corrected chi connectivity index (χ3v) is 2.79. The van der Waals surface area contributed by atoms with Crippen molar-refractivity contribution in [2.75, 3.05) is 24.6 Å². The summed E-state index contributed by atoms with van der Waals surface area (Å²) in [6, 6.07) is 1.95. The van der Waals surface area contributed by atoms with E-state index in [0.717, 1.165) is 29.8 Å². The molecule has 2 rings (SSSR count). The molecule has 0 fully saturated rings. The monoisotopic (exact) mass is 234 g/mol. The molecule has 2 heterocycles. The first kappa shape index (κ1) is 11.9. The van der Waals surface area contributed by atoms with Crippen LogP contribution in [0.15, 0.2) is 18.6 Å². The predicted octanol–water partition coefficient (Wildman–Crippen LogP) is 1.18. The summed E-state index contributed by atoms with van der Waals surface area (Å²) in [5, 5.41) is 9.11. The fourth-order valence-corrected chi connectivity index (χ4v) is 1.99. The Hall–Kier alpha value is -1.62. The predicted molar refractivity (Wildman–Crippen MR) is 68.1 cm³/mol. The maximum Gasteiger partial charge on any atom is 0.156 e.